The normalized spacial score (nSPS) is 33.1. The summed E-state index contributed by atoms with van der Waals surface area (Å²) < 4.78 is 6.10. The number of nitrogens with one attached hydrogen (secondary N) is 1. The highest BCUT2D eigenvalue weighted by molar-refractivity contribution is 5.36. The van der Waals surface area contributed by atoms with Crippen molar-refractivity contribution in [2.24, 2.45) is 0 Å². The molecule has 2 aliphatic rings. The van der Waals surface area contributed by atoms with Gasteiger partial charge in [-0.25, -0.2) is 0 Å². The van der Waals surface area contributed by atoms with Gasteiger partial charge in [-0.2, -0.15) is 0 Å². The average molecular weight is 262 g/mol. The highest BCUT2D eigenvalue weighted by Crippen LogP contribution is 2.37. The zero-order valence-electron chi connectivity index (χ0n) is 11.0. The summed E-state index contributed by atoms with van der Waals surface area (Å²) in [6.07, 6.45) is 4.45. The summed E-state index contributed by atoms with van der Waals surface area (Å²) in [7, 11) is 0. The fourth-order valence-corrected chi connectivity index (χ4v) is 3.35. The first-order valence-electron chi connectivity index (χ1n) is 6.74. The van der Waals surface area contributed by atoms with Crippen molar-refractivity contribution in [1.82, 2.24) is 5.32 Å². The molecule has 2 heterocycles. The Labute approximate surface area is 112 Å². The van der Waals surface area contributed by atoms with E-state index in [0.29, 0.717) is 12.1 Å². The maximum Gasteiger partial charge on any atom is 0.269 e. The molecule has 1 aromatic rings. The van der Waals surface area contributed by atoms with E-state index in [1.807, 2.05) is 0 Å². The molecule has 0 spiro atoms. The summed E-state index contributed by atoms with van der Waals surface area (Å²) in [5.41, 5.74) is -0.0596. The van der Waals surface area contributed by atoms with E-state index < -0.39 is 4.92 Å². The summed E-state index contributed by atoms with van der Waals surface area (Å²) in [6, 6.07) is 7.48. The van der Waals surface area contributed by atoms with Crippen LogP contribution in [0, 0.1) is 10.1 Å². The Kier molecular flexibility index (Phi) is 2.93. The lowest BCUT2D eigenvalue weighted by atomic mass is 9.89. The Bertz CT molecular complexity index is 474. The fourth-order valence-electron chi connectivity index (χ4n) is 3.35. The Balaban J connectivity index is 1.72. The number of hydrogen-bond acceptors (Lipinski definition) is 4. The number of benzene rings is 1. The van der Waals surface area contributed by atoms with Gasteiger partial charge in [0.25, 0.3) is 5.69 Å². The minimum Gasteiger partial charge on any atom is -0.487 e. The van der Waals surface area contributed by atoms with Crippen LogP contribution in [-0.4, -0.2) is 22.6 Å². The minimum atomic E-state index is -0.393. The molecule has 102 valence electrons. The van der Waals surface area contributed by atoms with Gasteiger partial charge in [0.05, 0.1) is 4.92 Å². The van der Waals surface area contributed by atoms with Crippen molar-refractivity contribution in [2.75, 3.05) is 0 Å². The Morgan fingerprint density at radius 2 is 1.84 bits per heavy atom. The van der Waals surface area contributed by atoms with E-state index in [1.54, 1.807) is 12.1 Å². The Morgan fingerprint density at radius 3 is 2.37 bits per heavy atom. The van der Waals surface area contributed by atoms with Gasteiger partial charge < -0.3 is 10.1 Å². The topological polar surface area (TPSA) is 64.4 Å². The molecule has 0 amide bonds. The number of fused-ring (bicyclic) bond motifs is 2. The molecular formula is C14H18N2O3. The minimum absolute atomic E-state index is 0.0999. The molecule has 1 N–H and O–H groups in total. The maximum absolute atomic E-state index is 10.6. The molecule has 2 atom stereocenters. The molecule has 0 aromatic heterocycles. The van der Waals surface area contributed by atoms with Crippen molar-refractivity contribution < 1.29 is 9.66 Å². The largest absolute Gasteiger partial charge is 0.487 e. The quantitative estimate of drug-likeness (QED) is 0.672. The van der Waals surface area contributed by atoms with Crippen LogP contribution in [-0.2, 0) is 0 Å². The number of nitro benzene ring substituents is 1. The predicted octanol–water partition coefficient (Wildman–Crippen LogP) is 2.65. The number of nitrogens with zero attached hydrogens (tertiary/aromatic N) is 1. The molecule has 19 heavy (non-hydrogen) atoms. The molecule has 2 unspecified atom stereocenters. The van der Waals surface area contributed by atoms with Crippen molar-refractivity contribution in [1.29, 1.82) is 0 Å². The second-order valence-electron chi connectivity index (χ2n) is 5.85. The maximum atomic E-state index is 10.6. The molecule has 2 saturated heterocycles. The number of non-ortho nitro benzene ring substituents is 1. The molecule has 1 aromatic carbocycles. The fraction of sp³-hybridized carbons (Fsp3) is 0.571. The van der Waals surface area contributed by atoms with E-state index in [4.69, 9.17) is 4.74 Å². The molecule has 0 radical (unpaired) electrons. The third-order valence-electron chi connectivity index (χ3n) is 4.10. The van der Waals surface area contributed by atoms with Crippen molar-refractivity contribution in [3.63, 3.8) is 0 Å². The van der Waals surface area contributed by atoms with Crippen molar-refractivity contribution in [3.05, 3.63) is 34.4 Å². The van der Waals surface area contributed by atoms with Gasteiger partial charge >= 0.3 is 0 Å². The molecule has 0 saturated carbocycles. The van der Waals surface area contributed by atoms with Gasteiger partial charge in [0, 0.05) is 37.1 Å². The van der Waals surface area contributed by atoms with Gasteiger partial charge in [-0.05, 0) is 31.9 Å². The number of ether oxygens (including phenoxy) is 1. The number of rotatable bonds is 3. The van der Waals surface area contributed by atoms with E-state index in [0.717, 1.165) is 18.6 Å². The standard InChI is InChI=1S/C14H18N2O3/c1-14(8-10-2-3-11(9-14)15-10)19-13-6-4-12(5-7-13)16(17)18/h4-7,10-11,15H,2-3,8-9H2,1H3. The van der Waals surface area contributed by atoms with E-state index in [-0.39, 0.29) is 11.3 Å². The van der Waals surface area contributed by atoms with E-state index in [1.165, 1.54) is 25.0 Å². The monoisotopic (exact) mass is 262 g/mol. The molecule has 2 fully saturated rings. The first-order chi connectivity index (χ1) is 9.04. The lowest BCUT2D eigenvalue weighted by Crippen LogP contribution is -2.49. The van der Waals surface area contributed by atoms with Crippen LogP contribution in [0.3, 0.4) is 0 Å². The smallest absolute Gasteiger partial charge is 0.269 e. The summed E-state index contributed by atoms with van der Waals surface area (Å²) in [5.74, 6) is 0.717. The van der Waals surface area contributed by atoms with E-state index in [2.05, 4.69) is 12.2 Å². The van der Waals surface area contributed by atoms with E-state index in [9.17, 15) is 10.1 Å². The van der Waals surface area contributed by atoms with Crippen molar-refractivity contribution in [3.8, 4) is 5.75 Å². The first-order valence-corrected chi connectivity index (χ1v) is 6.74. The Hall–Kier alpha value is -1.62. The van der Waals surface area contributed by atoms with Gasteiger partial charge in [-0.3, -0.25) is 10.1 Å². The molecule has 2 aliphatic heterocycles. The Morgan fingerprint density at radius 1 is 1.26 bits per heavy atom. The van der Waals surface area contributed by atoms with Gasteiger partial charge in [-0.1, -0.05) is 0 Å². The SMILES string of the molecule is CC1(Oc2ccc([N+](=O)[O-])cc2)CC2CCC(C1)N2. The zero-order chi connectivity index (χ0) is 13.5. The summed E-state index contributed by atoms with van der Waals surface area (Å²) in [6.45, 7) is 2.14. The molecular weight excluding hydrogens is 244 g/mol. The number of nitro groups is 1. The van der Waals surface area contributed by atoms with Crippen LogP contribution in [0.5, 0.6) is 5.75 Å². The van der Waals surface area contributed by atoms with Crippen LogP contribution in [0.25, 0.3) is 0 Å². The second-order valence-corrected chi connectivity index (χ2v) is 5.85. The molecule has 3 rings (SSSR count). The molecule has 2 bridgehead atoms. The van der Waals surface area contributed by atoms with Gasteiger partial charge in [0.15, 0.2) is 0 Å². The zero-order valence-corrected chi connectivity index (χ0v) is 11.0. The second kappa shape index (κ2) is 4.49. The average Bonchev–Trinajstić information content (AvgIpc) is 2.69. The predicted molar refractivity (Wildman–Crippen MR) is 71.3 cm³/mol. The van der Waals surface area contributed by atoms with Gasteiger partial charge in [0.2, 0.25) is 0 Å². The van der Waals surface area contributed by atoms with Crippen molar-refractivity contribution >= 4 is 5.69 Å². The lowest BCUT2D eigenvalue weighted by Gasteiger charge is -2.38. The molecule has 0 aliphatic carbocycles. The van der Waals surface area contributed by atoms with Crippen LogP contribution in [0.2, 0.25) is 0 Å². The summed E-state index contributed by atoms with van der Waals surface area (Å²) in [5, 5.41) is 14.2. The lowest BCUT2D eigenvalue weighted by molar-refractivity contribution is -0.384. The van der Waals surface area contributed by atoms with Crippen LogP contribution in [0.1, 0.15) is 32.6 Å². The van der Waals surface area contributed by atoms with Crippen LogP contribution in [0.15, 0.2) is 24.3 Å². The van der Waals surface area contributed by atoms with Gasteiger partial charge in [0.1, 0.15) is 11.4 Å². The summed E-state index contributed by atoms with van der Waals surface area (Å²) >= 11 is 0. The number of hydrogen-bond donors (Lipinski definition) is 1. The van der Waals surface area contributed by atoms with Crippen LogP contribution >= 0.6 is 0 Å². The third-order valence-corrected chi connectivity index (χ3v) is 4.10. The van der Waals surface area contributed by atoms with Crippen LogP contribution < -0.4 is 10.1 Å². The highest BCUT2D eigenvalue weighted by atomic mass is 16.6. The third kappa shape index (κ3) is 2.56. The number of piperidine rings is 1. The molecule has 5 nitrogen and oxygen atoms in total. The van der Waals surface area contributed by atoms with Crippen molar-refractivity contribution in [2.45, 2.75) is 50.3 Å². The molecule has 5 heteroatoms. The van der Waals surface area contributed by atoms with E-state index >= 15 is 0 Å². The summed E-state index contributed by atoms with van der Waals surface area (Å²) in [4.78, 5) is 10.2. The highest BCUT2D eigenvalue weighted by Gasteiger charge is 2.42. The first kappa shape index (κ1) is 12.4. The van der Waals surface area contributed by atoms with Crippen LogP contribution in [0.4, 0.5) is 5.69 Å². The van der Waals surface area contributed by atoms with Gasteiger partial charge in [-0.15, -0.1) is 0 Å².